The first-order valence-corrected chi connectivity index (χ1v) is 12.1. The van der Waals surface area contributed by atoms with Crippen LogP contribution in [0.15, 0.2) is 36.4 Å². The van der Waals surface area contributed by atoms with Gasteiger partial charge in [-0.25, -0.2) is 0 Å². The van der Waals surface area contributed by atoms with Crippen LogP contribution in [0.2, 0.25) is 0 Å². The van der Waals surface area contributed by atoms with Crippen molar-refractivity contribution in [3.05, 3.63) is 47.5 Å². The normalized spacial score (nSPS) is 11.5. The second-order valence-electron chi connectivity index (χ2n) is 8.00. The Hall–Kier alpha value is -2.66. The second kappa shape index (κ2) is 16.2. The van der Waals surface area contributed by atoms with Crippen molar-refractivity contribution in [1.29, 1.82) is 0 Å². The van der Waals surface area contributed by atoms with Crippen LogP contribution in [0.3, 0.4) is 0 Å². The van der Waals surface area contributed by atoms with E-state index in [4.69, 9.17) is 28.4 Å². The molecule has 9 nitrogen and oxygen atoms in total. The quantitative estimate of drug-likeness (QED) is 0.172. The average molecular weight is 502 g/mol. The summed E-state index contributed by atoms with van der Waals surface area (Å²) in [6.07, 6.45) is 1.66. The molecule has 0 N–H and O–H groups in total. The molecule has 0 saturated heterocycles. The van der Waals surface area contributed by atoms with Crippen LogP contribution in [-0.4, -0.2) is 96.9 Å². The third kappa shape index (κ3) is 8.48. The zero-order valence-corrected chi connectivity index (χ0v) is 20.8. The maximum absolute atomic E-state index is 11.2. The average Bonchev–Trinajstić information content (AvgIpc) is 3.22. The van der Waals surface area contributed by atoms with Crippen LogP contribution in [0.1, 0.15) is 20.7 Å². The number of hydrogen-bond donors (Lipinski definition) is 0. The Balaban J connectivity index is 1.30. The smallest absolute Gasteiger partial charge is 0.150 e. The molecular formula is C27H35NO8. The minimum absolute atomic E-state index is 0.480. The predicted octanol–water partition coefficient (Wildman–Crippen LogP) is 3.15. The van der Waals surface area contributed by atoms with E-state index >= 15 is 0 Å². The molecule has 0 bridgehead atoms. The number of carbonyl (C=O) groups is 2. The van der Waals surface area contributed by atoms with Crippen molar-refractivity contribution in [3.63, 3.8) is 0 Å². The van der Waals surface area contributed by atoms with Gasteiger partial charge in [-0.15, -0.1) is 0 Å². The summed E-state index contributed by atoms with van der Waals surface area (Å²) in [7, 11) is 1.64. The fourth-order valence-electron chi connectivity index (χ4n) is 3.81. The summed E-state index contributed by atoms with van der Waals surface area (Å²) >= 11 is 0. The maximum Gasteiger partial charge on any atom is 0.150 e. The molecule has 1 heterocycles. The predicted molar refractivity (Wildman–Crippen MR) is 136 cm³/mol. The molecule has 36 heavy (non-hydrogen) atoms. The van der Waals surface area contributed by atoms with Crippen LogP contribution in [-0.2, 0) is 35.0 Å². The van der Waals surface area contributed by atoms with E-state index in [-0.39, 0.29) is 0 Å². The highest BCUT2D eigenvalue weighted by molar-refractivity contribution is 6.10. The lowest BCUT2D eigenvalue weighted by Gasteiger charge is -2.10. The molecule has 2 aromatic carbocycles. The third-order valence-corrected chi connectivity index (χ3v) is 5.56. The number of fused-ring (bicyclic) bond motifs is 3. The summed E-state index contributed by atoms with van der Waals surface area (Å²) in [6, 6.07) is 11.2. The molecule has 0 fully saturated rings. The van der Waals surface area contributed by atoms with E-state index < -0.39 is 0 Å². The maximum atomic E-state index is 11.2. The Kier molecular flexibility index (Phi) is 12.5. The first-order chi connectivity index (χ1) is 17.8. The molecule has 0 unspecified atom stereocenters. The number of aromatic nitrogens is 1. The van der Waals surface area contributed by atoms with Gasteiger partial charge in [0.2, 0.25) is 0 Å². The highest BCUT2D eigenvalue weighted by atomic mass is 16.6. The van der Waals surface area contributed by atoms with Gasteiger partial charge < -0.3 is 33.0 Å². The monoisotopic (exact) mass is 501 g/mol. The lowest BCUT2D eigenvalue weighted by molar-refractivity contribution is -0.0149. The van der Waals surface area contributed by atoms with E-state index in [0.29, 0.717) is 90.3 Å². The number of methoxy groups -OCH3 is 1. The number of carbonyl (C=O) groups excluding carboxylic acids is 2. The van der Waals surface area contributed by atoms with Gasteiger partial charge in [-0.1, -0.05) is 0 Å². The van der Waals surface area contributed by atoms with Crippen molar-refractivity contribution in [2.45, 2.75) is 6.54 Å². The Bertz CT molecular complexity index is 1020. The van der Waals surface area contributed by atoms with E-state index in [1.807, 2.05) is 24.3 Å². The number of aldehydes is 2. The molecular weight excluding hydrogens is 466 g/mol. The second-order valence-corrected chi connectivity index (χ2v) is 8.00. The molecule has 0 aliphatic heterocycles. The summed E-state index contributed by atoms with van der Waals surface area (Å²) in [6.45, 7) is 6.39. The molecule has 3 aromatic rings. The van der Waals surface area contributed by atoms with Crippen LogP contribution in [0.4, 0.5) is 0 Å². The molecule has 196 valence electrons. The highest BCUT2D eigenvalue weighted by Crippen LogP contribution is 2.30. The van der Waals surface area contributed by atoms with E-state index in [1.54, 1.807) is 19.2 Å². The largest absolute Gasteiger partial charge is 0.382 e. The van der Waals surface area contributed by atoms with Crippen LogP contribution >= 0.6 is 0 Å². The lowest BCUT2D eigenvalue weighted by atomic mass is 10.1. The van der Waals surface area contributed by atoms with Gasteiger partial charge in [-0.3, -0.25) is 9.59 Å². The molecule has 0 aliphatic rings. The minimum Gasteiger partial charge on any atom is -0.382 e. The molecule has 0 spiro atoms. The van der Waals surface area contributed by atoms with Crippen LogP contribution in [0.5, 0.6) is 0 Å². The summed E-state index contributed by atoms with van der Waals surface area (Å²) < 4.78 is 34.5. The molecule has 0 aliphatic carbocycles. The van der Waals surface area contributed by atoms with Gasteiger partial charge in [0.05, 0.1) is 72.7 Å². The number of hydrogen-bond acceptors (Lipinski definition) is 8. The van der Waals surface area contributed by atoms with E-state index in [9.17, 15) is 9.59 Å². The number of nitrogens with zero attached hydrogens (tertiary/aromatic N) is 1. The Morgan fingerprint density at radius 2 is 0.972 bits per heavy atom. The zero-order chi connectivity index (χ0) is 25.4. The Morgan fingerprint density at radius 1 is 0.583 bits per heavy atom. The molecule has 3 rings (SSSR count). The van der Waals surface area contributed by atoms with Gasteiger partial charge in [0.15, 0.2) is 0 Å². The molecule has 0 atom stereocenters. The van der Waals surface area contributed by atoms with Gasteiger partial charge in [0, 0.05) is 46.6 Å². The molecule has 0 radical (unpaired) electrons. The van der Waals surface area contributed by atoms with Crippen molar-refractivity contribution >= 4 is 34.4 Å². The first kappa shape index (κ1) is 27.9. The molecule has 0 saturated carbocycles. The van der Waals surface area contributed by atoms with Gasteiger partial charge in [-0.05, 0) is 36.4 Å². The fraction of sp³-hybridized carbons (Fsp3) is 0.481. The van der Waals surface area contributed by atoms with Crippen molar-refractivity contribution in [1.82, 2.24) is 4.57 Å². The molecule has 0 amide bonds. The molecule has 1 aromatic heterocycles. The van der Waals surface area contributed by atoms with Gasteiger partial charge >= 0.3 is 0 Å². The number of benzene rings is 2. The van der Waals surface area contributed by atoms with E-state index in [2.05, 4.69) is 4.57 Å². The van der Waals surface area contributed by atoms with Crippen LogP contribution in [0.25, 0.3) is 21.8 Å². The van der Waals surface area contributed by atoms with Crippen LogP contribution in [0, 0.1) is 0 Å². The van der Waals surface area contributed by atoms with Crippen LogP contribution < -0.4 is 0 Å². The molecule has 9 heteroatoms. The summed E-state index contributed by atoms with van der Waals surface area (Å²) in [5, 5.41) is 1.89. The highest BCUT2D eigenvalue weighted by Gasteiger charge is 2.12. The summed E-state index contributed by atoms with van der Waals surface area (Å²) in [5.41, 5.74) is 3.20. The summed E-state index contributed by atoms with van der Waals surface area (Å²) in [5.74, 6) is 0. The van der Waals surface area contributed by atoms with Gasteiger partial charge in [-0.2, -0.15) is 0 Å². The van der Waals surface area contributed by atoms with Gasteiger partial charge in [0.1, 0.15) is 12.6 Å². The minimum atomic E-state index is 0.480. The van der Waals surface area contributed by atoms with Crippen molar-refractivity contribution < 1.29 is 38.0 Å². The Labute approximate surface area is 211 Å². The van der Waals surface area contributed by atoms with Crippen molar-refractivity contribution in [3.8, 4) is 0 Å². The lowest BCUT2D eigenvalue weighted by Crippen LogP contribution is -2.14. The number of rotatable bonds is 20. The van der Waals surface area contributed by atoms with Crippen molar-refractivity contribution in [2.75, 3.05) is 79.8 Å². The third-order valence-electron chi connectivity index (χ3n) is 5.56. The number of ether oxygens (including phenoxy) is 6. The van der Waals surface area contributed by atoms with E-state index in [1.165, 1.54) is 0 Å². The first-order valence-electron chi connectivity index (χ1n) is 12.1. The van der Waals surface area contributed by atoms with E-state index in [0.717, 1.165) is 34.4 Å². The SMILES string of the molecule is COCCOCCOCCOCCOCCOCCn1c2ccc(C=O)cc2c2cc(C=O)ccc21. The zero-order valence-electron chi connectivity index (χ0n) is 20.8. The fourth-order valence-corrected chi connectivity index (χ4v) is 3.81. The topological polar surface area (TPSA) is 94.5 Å². The summed E-state index contributed by atoms with van der Waals surface area (Å²) in [4.78, 5) is 22.5. The Morgan fingerprint density at radius 3 is 1.36 bits per heavy atom. The van der Waals surface area contributed by atoms with Crippen molar-refractivity contribution in [2.24, 2.45) is 0 Å². The van der Waals surface area contributed by atoms with Gasteiger partial charge in [0.25, 0.3) is 0 Å². The standard InChI is InChI=1S/C27H35NO8/c1-31-8-9-33-12-13-35-16-17-36-15-14-34-11-10-32-7-6-28-26-4-2-22(20-29)18-24(26)25-19-23(21-30)3-5-27(25)28/h2-5,18-21H,6-17H2,1H3.